The number of rotatable bonds is 6. The van der Waals surface area contributed by atoms with Gasteiger partial charge in [-0.3, -0.25) is 4.79 Å². The summed E-state index contributed by atoms with van der Waals surface area (Å²) < 4.78 is 4.79. The third kappa shape index (κ3) is 4.13. The highest BCUT2D eigenvalue weighted by Gasteiger charge is 2.25. The third-order valence-corrected chi connectivity index (χ3v) is 2.94. The Morgan fingerprint density at radius 3 is 2.56 bits per heavy atom. The molecule has 100 valence electrons. The van der Waals surface area contributed by atoms with E-state index < -0.39 is 18.1 Å². The summed E-state index contributed by atoms with van der Waals surface area (Å²) in [6.45, 7) is 3.98. The number of esters is 1. The third-order valence-electron chi connectivity index (χ3n) is 2.94. The van der Waals surface area contributed by atoms with Crippen LogP contribution in [0.2, 0.25) is 0 Å². The Balaban J connectivity index is 2.54. The van der Waals surface area contributed by atoms with Gasteiger partial charge in [-0.05, 0) is 24.8 Å². The van der Waals surface area contributed by atoms with E-state index in [0.29, 0.717) is 6.42 Å². The van der Waals surface area contributed by atoms with E-state index in [0.717, 1.165) is 5.56 Å². The smallest absolute Gasteiger partial charge is 0.325 e. The Hall–Kier alpha value is -1.39. The summed E-state index contributed by atoms with van der Waals surface area (Å²) >= 11 is 0. The number of carbonyl (C=O) groups excluding carboxylic acids is 1. The number of aliphatic hydroxyl groups excluding tert-OH is 1. The lowest BCUT2D eigenvalue weighted by Crippen LogP contribution is -2.43. The number of nitrogens with two attached hydrogens (primary N) is 1. The molecule has 0 radical (unpaired) electrons. The van der Waals surface area contributed by atoms with Gasteiger partial charge in [-0.25, -0.2) is 0 Å². The van der Waals surface area contributed by atoms with Gasteiger partial charge in [-0.1, -0.05) is 37.3 Å². The van der Waals surface area contributed by atoms with Crippen LogP contribution in [0.1, 0.15) is 31.7 Å². The number of hydrogen-bond donors (Lipinski definition) is 2. The minimum Gasteiger partial charge on any atom is -0.465 e. The van der Waals surface area contributed by atoms with Crippen molar-refractivity contribution < 1.29 is 14.6 Å². The first kappa shape index (κ1) is 14.7. The Kier molecular flexibility index (Phi) is 5.82. The minimum atomic E-state index is -0.976. The average Bonchev–Trinajstić information content (AvgIpc) is 2.39. The number of carbonyl (C=O) groups is 1. The van der Waals surface area contributed by atoms with Crippen molar-refractivity contribution in [1.29, 1.82) is 0 Å². The fourth-order valence-corrected chi connectivity index (χ4v) is 1.82. The molecule has 0 saturated carbocycles. The molecule has 0 bridgehead atoms. The van der Waals surface area contributed by atoms with Gasteiger partial charge in [-0.2, -0.15) is 0 Å². The van der Waals surface area contributed by atoms with Gasteiger partial charge >= 0.3 is 5.97 Å². The molecule has 18 heavy (non-hydrogen) atoms. The normalized spacial score (nSPS) is 15.8. The molecule has 1 aromatic rings. The molecule has 1 rings (SSSR count). The first-order valence-corrected chi connectivity index (χ1v) is 6.21. The fourth-order valence-electron chi connectivity index (χ4n) is 1.82. The van der Waals surface area contributed by atoms with Crippen LogP contribution in [-0.4, -0.2) is 29.8 Å². The van der Waals surface area contributed by atoms with Crippen molar-refractivity contribution in [3.8, 4) is 0 Å². The molecule has 3 atom stereocenters. The lowest BCUT2D eigenvalue weighted by atomic mass is 9.92. The maximum Gasteiger partial charge on any atom is 0.325 e. The molecular weight excluding hydrogens is 230 g/mol. The van der Waals surface area contributed by atoms with E-state index >= 15 is 0 Å². The van der Waals surface area contributed by atoms with Crippen LogP contribution in [-0.2, 0) is 9.53 Å². The molecule has 0 aliphatic heterocycles. The van der Waals surface area contributed by atoms with E-state index in [-0.39, 0.29) is 12.5 Å². The zero-order chi connectivity index (χ0) is 13.5. The van der Waals surface area contributed by atoms with Gasteiger partial charge in [0.25, 0.3) is 0 Å². The van der Waals surface area contributed by atoms with Crippen molar-refractivity contribution in [2.24, 2.45) is 5.73 Å². The Bertz CT molecular complexity index is 367. The van der Waals surface area contributed by atoms with E-state index in [4.69, 9.17) is 10.5 Å². The van der Waals surface area contributed by atoms with Gasteiger partial charge in [0.1, 0.15) is 6.04 Å². The van der Waals surface area contributed by atoms with E-state index in [1.165, 1.54) is 0 Å². The molecule has 3 N–H and O–H groups in total. The standard InChI is InChI=1S/C14H21NO3/c1-3-18-14(17)13(15)12(16)9-10(2)11-7-5-4-6-8-11/h4-8,10,12-13,16H,3,9,15H2,1-2H3. The summed E-state index contributed by atoms with van der Waals surface area (Å²) in [6, 6.07) is 8.85. The van der Waals surface area contributed by atoms with Crippen molar-refractivity contribution in [1.82, 2.24) is 0 Å². The molecule has 0 aromatic heterocycles. The lowest BCUT2D eigenvalue weighted by Gasteiger charge is -2.21. The van der Waals surface area contributed by atoms with Crippen molar-refractivity contribution in [2.45, 2.75) is 38.3 Å². The zero-order valence-electron chi connectivity index (χ0n) is 10.9. The molecule has 0 amide bonds. The predicted octanol–water partition coefficient (Wildman–Crippen LogP) is 1.43. The first-order valence-electron chi connectivity index (χ1n) is 6.21. The summed E-state index contributed by atoms with van der Waals surface area (Å²) in [5.41, 5.74) is 6.77. The fraction of sp³-hybridized carbons (Fsp3) is 0.500. The quantitative estimate of drug-likeness (QED) is 0.750. The van der Waals surface area contributed by atoms with Crippen LogP contribution in [0.15, 0.2) is 30.3 Å². The van der Waals surface area contributed by atoms with Crippen LogP contribution in [0.4, 0.5) is 0 Å². The van der Waals surface area contributed by atoms with Crippen molar-refractivity contribution in [2.75, 3.05) is 6.61 Å². The second-order valence-corrected chi connectivity index (χ2v) is 4.39. The molecule has 1 aromatic carbocycles. The van der Waals surface area contributed by atoms with Gasteiger partial charge in [0.2, 0.25) is 0 Å². The van der Waals surface area contributed by atoms with E-state index in [1.54, 1.807) is 6.92 Å². The highest BCUT2D eigenvalue weighted by molar-refractivity contribution is 5.76. The Morgan fingerprint density at radius 1 is 1.39 bits per heavy atom. The van der Waals surface area contributed by atoms with E-state index in [2.05, 4.69) is 0 Å². The largest absolute Gasteiger partial charge is 0.465 e. The van der Waals surface area contributed by atoms with Gasteiger partial charge in [0.05, 0.1) is 12.7 Å². The van der Waals surface area contributed by atoms with Crippen LogP contribution in [0.25, 0.3) is 0 Å². The molecule has 0 saturated heterocycles. The van der Waals surface area contributed by atoms with Gasteiger partial charge in [0.15, 0.2) is 0 Å². The van der Waals surface area contributed by atoms with Crippen LogP contribution in [0, 0.1) is 0 Å². The molecule has 0 aliphatic rings. The number of aliphatic hydroxyl groups is 1. The van der Waals surface area contributed by atoms with E-state index in [9.17, 15) is 9.90 Å². The number of hydrogen-bond acceptors (Lipinski definition) is 4. The monoisotopic (exact) mass is 251 g/mol. The van der Waals surface area contributed by atoms with Crippen molar-refractivity contribution in [3.63, 3.8) is 0 Å². The van der Waals surface area contributed by atoms with Gasteiger partial charge in [0, 0.05) is 0 Å². The summed E-state index contributed by atoms with van der Waals surface area (Å²) in [4.78, 5) is 11.4. The highest BCUT2D eigenvalue weighted by Crippen LogP contribution is 2.21. The highest BCUT2D eigenvalue weighted by atomic mass is 16.5. The first-order chi connectivity index (χ1) is 8.56. The number of benzene rings is 1. The average molecular weight is 251 g/mol. The maximum atomic E-state index is 11.4. The minimum absolute atomic E-state index is 0.140. The van der Waals surface area contributed by atoms with Gasteiger partial charge in [-0.15, -0.1) is 0 Å². The Labute approximate surface area is 108 Å². The molecule has 4 nitrogen and oxygen atoms in total. The molecule has 0 heterocycles. The van der Waals surface area contributed by atoms with Crippen molar-refractivity contribution >= 4 is 5.97 Å². The van der Waals surface area contributed by atoms with Crippen LogP contribution < -0.4 is 5.73 Å². The lowest BCUT2D eigenvalue weighted by molar-refractivity contribution is -0.147. The SMILES string of the molecule is CCOC(=O)C(N)C(O)CC(C)c1ccccc1. The molecule has 3 unspecified atom stereocenters. The summed E-state index contributed by atoms with van der Waals surface area (Å²) in [5.74, 6) is -0.410. The van der Waals surface area contributed by atoms with E-state index in [1.807, 2.05) is 37.3 Å². The predicted molar refractivity (Wildman–Crippen MR) is 70.1 cm³/mol. The summed E-state index contributed by atoms with van der Waals surface area (Å²) in [7, 11) is 0. The molecule has 0 aliphatic carbocycles. The van der Waals surface area contributed by atoms with Gasteiger partial charge < -0.3 is 15.6 Å². The van der Waals surface area contributed by atoms with Crippen LogP contribution in [0.5, 0.6) is 0 Å². The summed E-state index contributed by atoms with van der Waals surface area (Å²) in [5, 5.41) is 9.92. The molecule has 0 spiro atoms. The molecular formula is C14H21NO3. The summed E-state index contributed by atoms with van der Waals surface area (Å²) in [6.07, 6.45) is -0.455. The number of ether oxygens (including phenoxy) is 1. The van der Waals surface area contributed by atoms with Crippen LogP contribution in [0.3, 0.4) is 0 Å². The Morgan fingerprint density at radius 2 is 2.00 bits per heavy atom. The topological polar surface area (TPSA) is 72.5 Å². The second-order valence-electron chi connectivity index (χ2n) is 4.39. The van der Waals surface area contributed by atoms with Crippen LogP contribution >= 0.6 is 0 Å². The molecule has 0 fully saturated rings. The second kappa shape index (κ2) is 7.13. The zero-order valence-corrected chi connectivity index (χ0v) is 10.9. The van der Waals surface area contributed by atoms with Crippen molar-refractivity contribution in [3.05, 3.63) is 35.9 Å². The molecule has 4 heteroatoms. The maximum absolute atomic E-state index is 11.4.